The van der Waals surface area contributed by atoms with Crippen molar-refractivity contribution >= 4 is 17.8 Å². The summed E-state index contributed by atoms with van der Waals surface area (Å²) in [7, 11) is 1.35. The molecule has 2 aliphatic heterocycles. The standard InChI is InChI=1S/C17H29N3O4/c1-10(2)14(17(23)24-5)12(4)15(21)19-6-7-20(11(3)9-19)16(22)13-8-18-13/h10-14,18H,6-9H2,1-5H3/t11-,12?,13+,14-/m1/s1. The van der Waals surface area contributed by atoms with Gasteiger partial charge in [0, 0.05) is 38.1 Å². The second-order valence-electron chi connectivity index (χ2n) is 7.21. The summed E-state index contributed by atoms with van der Waals surface area (Å²) in [6, 6.07) is -0.0568. The summed E-state index contributed by atoms with van der Waals surface area (Å²) in [4.78, 5) is 40.7. The molecular weight excluding hydrogens is 310 g/mol. The number of methoxy groups -OCH3 is 1. The van der Waals surface area contributed by atoms with Crippen LogP contribution in [0.1, 0.15) is 27.7 Å². The summed E-state index contributed by atoms with van der Waals surface area (Å²) >= 11 is 0. The van der Waals surface area contributed by atoms with Crippen molar-refractivity contribution in [1.29, 1.82) is 0 Å². The first-order valence-electron chi connectivity index (χ1n) is 8.68. The molecule has 0 aromatic rings. The summed E-state index contributed by atoms with van der Waals surface area (Å²) in [5.41, 5.74) is 0. The third-order valence-corrected chi connectivity index (χ3v) is 5.05. The van der Waals surface area contributed by atoms with Gasteiger partial charge in [-0.2, -0.15) is 0 Å². The Morgan fingerprint density at radius 1 is 1.17 bits per heavy atom. The van der Waals surface area contributed by atoms with Crippen LogP contribution in [0.15, 0.2) is 0 Å². The minimum absolute atomic E-state index is 0.0135. The Hall–Kier alpha value is -1.63. The van der Waals surface area contributed by atoms with Gasteiger partial charge in [0.1, 0.15) is 0 Å². The van der Waals surface area contributed by atoms with E-state index in [4.69, 9.17) is 4.74 Å². The Balaban J connectivity index is 1.99. The topological polar surface area (TPSA) is 88.9 Å². The van der Waals surface area contributed by atoms with Gasteiger partial charge in [-0.05, 0) is 12.8 Å². The molecule has 2 rings (SSSR count). The molecule has 0 aromatic carbocycles. The number of rotatable bonds is 5. The van der Waals surface area contributed by atoms with Crippen LogP contribution >= 0.6 is 0 Å². The van der Waals surface area contributed by atoms with Crippen LogP contribution in [-0.4, -0.2) is 73.0 Å². The average Bonchev–Trinajstić information content (AvgIpc) is 3.37. The molecule has 7 heteroatoms. The Labute approximate surface area is 143 Å². The molecule has 0 saturated carbocycles. The van der Waals surface area contributed by atoms with Gasteiger partial charge in [-0.25, -0.2) is 0 Å². The van der Waals surface area contributed by atoms with Crippen LogP contribution in [0.3, 0.4) is 0 Å². The zero-order chi connectivity index (χ0) is 18.0. The zero-order valence-electron chi connectivity index (χ0n) is 15.2. The van der Waals surface area contributed by atoms with E-state index < -0.39 is 11.8 Å². The molecule has 2 saturated heterocycles. The van der Waals surface area contributed by atoms with Crippen molar-refractivity contribution < 1.29 is 19.1 Å². The average molecular weight is 339 g/mol. The third-order valence-electron chi connectivity index (χ3n) is 5.05. The summed E-state index contributed by atoms with van der Waals surface area (Å²) in [6.07, 6.45) is 0. The van der Waals surface area contributed by atoms with Gasteiger partial charge in [0.2, 0.25) is 11.8 Å². The van der Waals surface area contributed by atoms with Crippen LogP contribution < -0.4 is 5.32 Å². The van der Waals surface area contributed by atoms with Crippen LogP contribution in [0.2, 0.25) is 0 Å². The van der Waals surface area contributed by atoms with Gasteiger partial charge in [-0.1, -0.05) is 20.8 Å². The molecule has 1 N–H and O–H groups in total. The highest BCUT2D eigenvalue weighted by Crippen LogP contribution is 2.25. The fourth-order valence-electron chi connectivity index (χ4n) is 3.55. The number of amides is 2. The minimum atomic E-state index is -0.451. The van der Waals surface area contributed by atoms with Crippen LogP contribution in [-0.2, 0) is 19.1 Å². The first kappa shape index (κ1) is 18.7. The van der Waals surface area contributed by atoms with E-state index in [0.29, 0.717) is 19.6 Å². The molecule has 4 atom stereocenters. The number of hydrogen-bond donors (Lipinski definition) is 1. The molecule has 2 amide bonds. The van der Waals surface area contributed by atoms with E-state index in [1.807, 2.05) is 25.7 Å². The molecular formula is C17H29N3O4. The van der Waals surface area contributed by atoms with Crippen molar-refractivity contribution in [2.45, 2.75) is 39.8 Å². The Morgan fingerprint density at radius 3 is 2.25 bits per heavy atom. The molecule has 24 heavy (non-hydrogen) atoms. The van der Waals surface area contributed by atoms with Gasteiger partial charge in [-0.3, -0.25) is 14.4 Å². The largest absolute Gasteiger partial charge is 0.469 e. The maximum atomic E-state index is 12.8. The summed E-state index contributed by atoms with van der Waals surface area (Å²) in [5, 5.41) is 3.03. The van der Waals surface area contributed by atoms with Gasteiger partial charge in [0.15, 0.2) is 0 Å². The predicted octanol–water partition coefficient (Wildman–Crippen LogP) is 0.0988. The van der Waals surface area contributed by atoms with E-state index in [1.54, 1.807) is 11.8 Å². The van der Waals surface area contributed by atoms with E-state index in [0.717, 1.165) is 6.54 Å². The fourth-order valence-corrected chi connectivity index (χ4v) is 3.55. The van der Waals surface area contributed by atoms with Gasteiger partial charge in [0.25, 0.3) is 0 Å². The summed E-state index contributed by atoms with van der Waals surface area (Å²) < 4.78 is 4.87. The molecule has 2 heterocycles. The monoisotopic (exact) mass is 339 g/mol. The van der Waals surface area contributed by atoms with Gasteiger partial charge < -0.3 is 19.9 Å². The van der Waals surface area contributed by atoms with Crippen LogP contribution in [0.25, 0.3) is 0 Å². The van der Waals surface area contributed by atoms with Gasteiger partial charge in [0.05, 0.1) is 19.1 Å². The normalized spacial score (nSPS) is 26.1. The number of nitrogens with zero attached hydrogens (tertiary/aromatic N) is 2. The second-order valence-corrected chi connectivity index (χ2v) is 7.21. The smallest absolute Gasteiger partial charge is 0.309 e. The fraction of sp³-hybridized carbons (Fsp3) is 0.824. The van der Waals surface area contributed by atoms with E-state index in [2.05, 4.69) is 5.32 Å². The number of ether oxygens (including phenoxy) is 1. The van der Waals surface area contributed by atoms with Crippen molar-refractivity contribution in [3.05, 3.63) is 0 Å². The highest BCUT2D eigenvalue weighted by Gasteiger charge is 2.40. The Bertz CT molecular complexity index is 504. The molecule has 0 aliphatic carbocycles. The minimum Gasteiger partial charge on any atom is -0.469 e. The maximum Gasteiger partial charge on any atom is 0.309 e. The molecule has 1 unspecified atom stereocenters. The van der Waals surface area contributed by atoms with Crippen LogP contribution in [0.5, 0.6) is 0 Å². The SMILES string of the molecule is COC(=O)[C@H](C(C)C)C(C)C(=O)N1CCN(C(=O)[C@@H]2CN2)[C@H](C)C1. The lowest BCUT2D eigenvalue weighted by molar-refractivity contribution is -0.156. The lowest BCUT2D eigenvalue weighted by Gasteiger charge is -2.41. The predicted molar refractivity (Wildman–Crippen MR) is 89.1 cm³/mol. The Morgan fingerprint density at radius 2 is 1.79 bits per heavy atom. The summed E-state index contributed by atoms with van der Waals surface area (Å²) in [5.74, 6) is -1.12. The van der Waals surface area contributed by atoms with Crippen LogP contribution in [0.4, 0.5) is 0 Å². The molecule has 0 aromatic heterocycles. The molecule has 136 valence electrons. The number of carbonyl (C=O) groups is 3. The zero-order valence-corrected chi connectivity index (χ0v) is 15.2. The third kappa shape index (κ3) is 3.88. The molecule has 2 fully saturated rings. The van der Waals surface area contributed by atoms with Gasteiger partial charge in [-0.15, -0.1) is 0 Å². The van der Waals surface area contributed by atoms with Crippen molar-refractivity contribution in [2.24, 2.45) is 17.8 Å². The highest BCUT2D eigenvalue weighted by molar-refractivity contribution is 5.87. The lowest BCUT2D eigenvalue weighted by Crippen LogP contribution is -2.58. The van der Waals surface area contributed by atoms with E-state index in [9.17, 15) is 14.4 Å². The van der Waals surface area contributed by atoms with Crippen molar-refractivity contribution in [3.63, 3.8) is 0 Å². The van der Waals surface area contributed by atoms with E-state index >= 15 is 0 Å². The summed E-state index contributed by atoms with van der Waals surface area (Å²) in [6.45, 7) is 9.91. The second kappa shape index (κ2) is 7.51. The lowest BCUT2D eigenvalue weighted by atomic mass is 9.83. The van der Waals surface area contributed by atoms with Crippen molar-refractivity contribution in [2.75, 3.05) is 33.3 Å². The maximum absolute atomic E-state index is 12.8. The Kier molecular flexibility index (Phi) is 5.85. The first-order chi connectivity index (χ1) is 11.3. The quantitative estimate of drug-likeness (QED) is 0.567. The highest BCUT2D eigenvalue weighted by atomic mass is 16.5. The van der Waals surface area contributed by atoms with E-state index in [-0.39, 0.29) is 35.8 Å². The molecule has 0 spiro atoms. The number of nitrogens with one attached hydrogen (secondary N) is 1. The molecule has 0 radical (unpaired) electrons. The van der Waals surface area contributed by atoms with E-state index in [1.165, 1.54) is 7.11 Å². The first-order valence-corrected chi connectivity index (χ1v) is 8.68. The number of piperazine rings is 1. The number of hydrogen-bond acceptors (Lipinski definition) is 5. The van der Waals surface area contributed by atoms with Crippen LogP contribution in [0, 0.1) is 17.8 Å². The molecule has 2 aliphatic rings. The molecule has 0 bridgehead atoms. The van der Waals surface area contributed by atoms with Crippen molar-refractivity contribution in [3.8, 4) is 0 Å². The van der Waals surface area contributed by atoms with Crippen molar-refractivity contribution in [1.82, 2.24) is 15.1 Å². The van der Waals surface area contributed by atoms with Gasteiger partial charge >= 0.3 is 5.97 Å². The number of esters is 1. The number of carbonyl (C=O) groups excluding carboxylic acids is 3. The molecule has 7 nitrogen and oxygen atoms in total.